The highest BCUT2D eigenvalue weighted by molar-refractivity contribution is 5.97. The van der Waals surface area contributed by atoms with Crippen LogP contribution in [0.1, 0.15) is 40.0 Å². The van der Waals surface area contributed by atoms with E-state index in [1.165, 1.54) is 7.11 Å². The van der Waals surface area contributed by atoms with Crippen molar-refractivity contribution in [3.05, 3.63) is 47.4 Å². The van der Waals surface area contributed by atoms with Gasteiger partial charge in [-0.2, -0.15) is 0 Å². The Morgan fingerprint density at radius 2 is 1.96 bits per heavy atom. The lowest BCUT2D eigenvalue weighted by Gasteiger charge is -2.11. The smallest absolute Gasteiger partial charge is 0.339 e. The first kappa shape index (κ1) is 17.4. The zero-order valence-corrected chi connectivity index (χ0v) is 13.9. The van der Waals surface area contributed by atoms with Gasteiger partial charge >= 0.3 is 5.97 Å². The second kappa shape index (κ2) is 8.05. The molecule has 1 aromatic carbocycles. The van der Waals surface area contributed by atoms with Crippen LogP contribution in [0.15, 0.2) is 30.3 Å². The zero-order valence-electron chi connectivity index (χ0n) is 13.9. The summed E-state index contributed by atoms with van der Waals surface area (Å²) in [4.78, 5) is 32.3. The Morgan fingerprint density at radius 3 is 2.67 bits per heavy atom. The summed E-state index contributed by atoms with van der Waals surface area (Å²) in [6, 6.07) is 8.47. The molecule has 7 heteroatoms. The molecular weight excluding hydrogens is 308 g/mol. The van der Waals surface area contributed by atoms with Crippen LogP contribution >= 0.6 is 0 Å². The van der Waals surface area contributed by atoms with Crippen molar-refractivity contribution >= 4 is 23.4 Å². The van der Waals surface area contributed by atoms with Crippen molar-refractivity contribution in [1.82, 2.24) is 15.3 Å². The fourth-order valence-corrected chi connectivity index (χ4v) is 2.10. The molecule has 2 rings (SSSR count). The van der Waals surface area contributed by atoms with Gasteiger partial charge in [0.1, 0.15) is 17.3 Å². The maximum absolute atomic E-state index is 12.1. The maximum atomic E-state index is 12.1. The Balaban J connectivity index is 2.29. The molecule has 1 amide bonds. The number of rotatable bonds is 6. The number of aromatic nitrogens is 2. The monoisotopic (exact) mass is 328 g/mol. The third kappa shape index (κ3) is 4.28. The first-order chi connectivity index (χ1) is 11.5. The molecule has 2 N–H and O–H groups in total. The molecule has 0 aliphatic rings. The minimum Gasteiger partial charge on any atom is -0.465 e. The largest absolute Gasteiger partial charge is 0.465 e. The first-order valence-corrected chi connectivity index (χ1v) is 7.63. The van der Waals surface area contributed by atoms with Crippen LogP contribution in [0.2, 0.25) is 0 Å². The van der Waals surface area contributed by atoms with Gasteiger partial charge in [0.05, 0.1) is 18.4 Å². The lowest BCUT2D eigenvalue weighted by molar-refractivity contribution is 0.0601. The molecule has 0 fully saturated rings. The van der Waals surface area contributed by atoms with E-state index in [9.17, 15) is 9.59 Å². The van der Waals surface area contributed by atoms with E-state index in [-0.39, 0.29) is 11.6 Å². The molecular formula is C17H20N4O3. The molecule has 0 bridgehead atoms. The van der Waals surface area contributed by atoms with Gasteiger partial charge in [-0.3, -0.25) is 4.79 Å². The highest BCUT2D eigenvalue weighted by atomic mass is 16.5. The number of nitrogens with one attached hydrogen (secondary N) is 2. The number of nitrogens with zero attached hydrogens (tertiary/aromatic N) is 2. The summed E-state index contributed by atoms with van der Waals surface area (Å²) in [5, 5.41) is 5.82. The molecule has 0 radical (unpaired) electrons. The van der Waals surface area contributed by atoms with Crippen molar-refractivity contribution in [2.45, 2.75) is 20.3 Å². The molecule has 0 unspecified atom stereocenters. The van der Waals surface area contributed by atoms with Crippen molar-refractivity contribution in [2.24, 2.45) is 0 Å². The van der Waals surface area contributed by atoms with E-state index in [0.29, 0.717) is 29.4 Å². The highest BCUT2D eigenvalue weighted by Crippen LogP contribution is 2.21. The Labute approximate surface area is 140 Å². The van der Waals surface area contributed by atoms with E-state index < -0.39 is 5.97 Å². The summed E-state index contributed by atoms with van der Waals surface area (Å²) < 4.78 is 4.77. The number of hydrogen-bond donors (Lipinski definition) is 2. The lowest BCUT2D eigenvalue weighted by Crippen LogP contribution is -2.25. The predicted molar refractivity (Wildman–Crippen MR) is 90.5 cm³/mol. The van der Waals surface area contributed by atoms with Crippen LogP contribution in [0.3, 0.4) is 0 Å². The topological polar surface area (TPSA) is 93.2 Å². The van der Waals surface area contributed by atoms with Crippen molar-refractivity contribution in [2.75, 3.05) is 19.0 Å². The number of aryl methyl sites for hydroxylation is 1. The molecule has 24 heavy (non-hydrogen) atoms. The molecule has 126 valence electrons. The van der Waals surface area contributed by atoms with Gasteiger partial charge in [-0.25, -0.2) is 14.8 Å². The maximum Gasteiger partial charge on any atom is 0.339 e. The van der Waals surface area contributed by atoms with Crippen LogP contribution in [0.25, 0.3) is 0 Å². The fraction of sp³-hybridized carbons (Fsp3) is 0.294. The number of methoxy groups -OCH3 is 1. The van der Waals surface area contributed by atoms with Gasteiger partial charge in [-0.15, -0.1) is 0 Å². The van der Waals surface area contributed by atoms with E-state index in [4.69, 9.17) is 4.74 Å². The number of carbonyl (C=O) groups is 2. The number of para-hydroxylation sites is 1. The number of hydrogen-bond acceptors (Lipinski definition) is 6. The van der Waals surface area contributed by atoms with Gasteiger partial charge < -0.3 is 15.4 Å². The Hall–Kier alpha value is -2.96. The summed E-state index contributed by atoms with van der Waals surface area (Å²) in [6.07, 6.45) is 0.841. The van der Waals surface area contributed by atoms with Gasteiger partial charge in [-0.1, -0.05) is 19.1 Å². The Morgan fingerprint density at radius 1 is 1.21 bits per heavy atom. The SMILES string of the molecule is CCCNC(=O)c1cc(Nc2ccccc2C(=O)OC)nc(C)n1. The van der Waals surface area contributed by atoms with Crippen molar-refractivity contribution in [1.29, 1.82) is 0 Å². The second-order valence-corrected chi connectivity index (χ2v) is 5.10. The van der Waals surface area contributed by atoms with E-state index in [1.807, 2.05) is 6.92 Å². The van der Waals surface area contributed by atoms with Gasteiger partial charge in [0.15, 0.2) is 0 Å². The molecule has 7 nitrogen and oxygen atoms in total. The third-order valence-electron chi connectivity index (χ3n) is 3.20. The fourth-order valence-electron chi connectivity index (χ4n) is 2.10. The summed E-state index contributed by atoms with van der Waals surface area (Å²) >= 11 is 0. The van der Waals surface area contributed by atoms with Gasteiger partial charge in [0.2, 0.25) is 0 Å². The molecule has 0 atom stereocenters. The van der Waals surface area contributed by atoms with E-state index >= 15 is 0 Å². The number of anilines is 2. The van der Waals surface area contributed by atoms with Crippen LogP contribution in [-0.2, 0) is 4.74 Å². The van der Waals surface area contributed by atoms with Crippen LogP contribution < -0.4 is 10.6 Å². The van der Waals surface area contributed by atoms with Crippen LogP contribution in [0.5, 0.6) is 0 Å². The van der Waals surface area contributed by atoms with Gasteiger partial charge in [0.25, 0.3) is 5.91 Å². The Bertz CT molecular complexity index is 746. The summed E-state index contributed by atoms with van der Waals surface area (Å²) in [6.45, 7) is 4.26. The molecule has 0 saturated heterocycles. The van der Waals surface area contributed by atoms with Crippen molar-refractivity contribution in [3.8, 4) is 0 Å². The van der Waals surface area contributed by atoms with Crippen molar-refractivity contribution in [3.63, 3.8) is 0 Å². The normalized spacial score (nSPS) is 10.1. The van der Waals surface area contributed by atoms with Crippen molar-refractivity contribution < 1.29 is 14.3 Å². The second-order valence-electron chi connectivity index (χ2n) is 5.10. The van der Waals surface area contributed by atoms with Crippen LogP contribution in [-0.4, -0.2) is 35.5 Å². The van der Waals surface area contributed by atoms with Crippen LogP contribution in [0, 0.1) is 6.92 Å². The summed E-state index contributed by atoms with van der Waals surface area (Å²) in [5.74, 6) is 0.175. The van der Waals surface area contributed by atoms with E-state index in [1.54, 1.807) is 37.3 Å². The van der Waals surface area contributed by atoms with E-state index in [0.717, 1.165) is 6.42 Å². The minimum absolute atomic E-state index is 0.258. The lowest BCUT2D eigenvalue weighted by atomic mass is 10.2. The minimum atomic E-state index is -0.454. The quantitative estimate of drug-likeness (QED) is 0.791. The number of carbonyl (C=O) groups excluding carboxylic acids is 2. The Kier molecular flexibility index (Phi) is 5.83. The average molecular weight is 328 g/mol. The molecule has 0 spiro atoms. The van der Waals surface area contributed by atoms with Crippen LogP contribution in [0.4, 0.5) is 11.5 Å². The average Bonchev–Trinajstić information content (AvgIpc) is 2.59. The number of esters is 1. The molecule has 2 aromatic rings. The standard InChI is InChI=1S/C17H20N4O3/c1-4-9-18-16(22)14-10-15(20-11(2)19-14)21-13-8-6-5-7-12(13)17(23)24-3/h5-8,10H,4,9H2,1-3H3,(H,18,22)(H,19,20,21). The molecule has 1 heterocycles. The van der Waals surface area contributed by atoms with E-state index in [2.05, 4.69) is 20.6 Å². The highest BCUT2D eigenvalue weighted by Gasteiger charge is 2.14. The molecule has 0 saturated carbocycles. The number of amides is 1. The summed E-state index contributed by atoms with van der Waals surface area (Å²) in [7, 11) is 1.32. The molecule has 0 aliphatic carbocycles. The van der Waals surface area contributed by atoms with Gasteiger partial charge in [-0.05, 0) is 25.5 Å². The summed E-state index contributed by atoms with van der Waals surface area (Å²) in [5.41, 5.74) is 1.20. The zero-order chi connectivity index (χ0) is 17.5. The number of ether oxygens (including phenoxy) is 1. The molecule has 0 aliphatic heterocycles. The number of benzene rings is 1. The third-order valence-corrected chi connectivity index (χ3v) is 3.20. The first-order valence-electron chi connectivity index (χ1n) is 7.63. The molecule has 1 aromatic heterocycles. The van der Waals surface area contributed by atoms with Gasteiger partial charge in [0, 0.05) is 12.6 Å². The predicted octanol–water partition coefficient (Wildman–Crippen LogP) is 2.46.